The van der Waals surface area contributed by atoms with Crippen LogP contribution in [0.5, 0.6) is 0 Å². The molecule has 0 fully saturated rings. The number of halogens is 3. The average Bonchev–Trinajstić information content (AvgIpc) is 2.31. The van der Waals surface area contributed by atoms with E-state index in [9.17, 15) is 12.8 Å². The maximum absolute atomic E-state index is 12.0. The van der Waals surface area contributed by atoms with Crippen LogP contribution < -0.4 is 10.0 Å². The standard InChI is InChI=1S/C10H13Cl2FN2O2S/c1-14-6-7-8(11)2-3-9(10(7)12)18(16,17)15-5-4-13/h2-3,14-15H,4-6H2,1H3. The molecule has 18 heavy (non-hydrogen) atoms. The van der Waals surface area contributed by atoms with Crippen LogP contribution in [0.15, 0.2) is 17.0 Å². The highest BCUT2D eigenvalue weighted by Crippen LogP contribution is 2.30. The zero-order valence-corrected chi connectivity index (χ0v) is 12.0. The summed E-state index contributed by atoms with van der Waals surface area (Å²) < 4.78 is 37.8. The molecule has 0 radical (unpaired) electrons. The minimum atomic E-state index is -3.82. The smallest absolute Gasteiger partial charge is 0.242 e. The summed E-state index contributed by atoms with van der Waals surface area (Å²) >= 11 is 12.0. The van der Waals surface area contributed by atoms with Crippen molar-refractivity contribution in [1.82, 2.24) is 10.0 Å². The fraction of sp³-hybridized carbons (Fsp3) is 0.400. The number of hydrogen-bond acceptors (Lipinski definition) is 3. The van der Waals surface area contributed by atoms with E-state index in [1.54, 1.807) is 7.05 Å². The summed E-state index contributed by atoms with van der Waals surface area (Å²) in [5.74, 6) is 0. The van der Waals surface area contributed by atoms with Crippen LogP contribution in [0.25, 0.3) is 0 Å². The minimum absolute atomic E-state index is 0.0446. The molecule has 0 aliphatic heterocycles. The van der Waals surface area contributed by atoms with Gasteiger partial charge in [-0.25, -0.2) is 17.5 Å². The van der Waals surface area contributed by atoms with Crippen LogP contribution in [0.1, 0.15) is 5.56 Å². The molecule has 1 aromatic rings. The molecule has 8 heteroatoms. The number of hydrogen-bond donors (Lipinski definition) is 2. The Kier molecular flexibility index (Phi) is 5.81. The van der Waals surface area contributed by atoms with Crippen LogP contribution in [0.3, 0.4) is 0 Å². The number of nitrogens with one attached hydrogen (secondary N) is 2. The van der Waals surface area contributed by atoms with E-state index in [0.717, 1.165) is 0 Å². The highest BCUT2D eigenvalue weighted by molar-refractivity contribution is 7.89. The van der Waals surface area contributed by atoms with Crippen molar-refractivity contribution in [1.29, 1.82) is 0 Å². The Hall–Kier alpha value is -0.400. The van der Waals surface area contributed by atoms with Gasteiger partial charge in [0.1, 0.15) is 11.6 Å². The second kappa shape index (κ2) is 6.68. The summed E-state index contributed by atoms with van der Waals surface area (Å²) in [6.07, 6.45) is 0. The van der Waals surface area contributed by atoms with Gasteiger partial charge in [0.25, 0.3) is 0 Å². The van der Waals surface area contributed by atoms with Crippen LogP contribution >= 0.6 is 23.2 Å². The number of sulfonamides is 1. The third kappa shape index (κ3) is 3.55. The average molecular weight is 315 g/mol. The van der Waals surface area contributed by atoms with Gasteiger partial charge >= 0.3 is 0 Å². The fourth-order valence-electron chi connectivity index (χ4n) is 1.37. The van der Waals surface area contributed by atoms with Crippen LogP contribution in [0.2, 0.25) is 10.0 Å². The molecule has 0 aliphatic carbocycles. The lowest BCUT2D eigenvalue weighted by molar-refractivity contribution is 0.486. The fourth-order valence-corrected chi connectivity index (χ4v) is 3.29. The first kappa shape index (κ1) is 15.7. The Bertz CT molecular complexity index is 523. The van der Waals surface area contributed by atoms with E-state index in [4.69, 9.17) is 23.2 Å². The SMILES string of the molecule is CNCc1c(Cl)ccc(S(=O)(=O)NCCF)c1Cl. The van der Waals surface area contributed by atoms with Gasteiger partial charge in [0.05, 0.1) is 5.02 Å². The molecular weight excluding hydrogens is 302 g/mol. The van der Waals surface area contributed by atoms with Gasteiger partial charge < -0.3 is 5.32 Å². The van der Waals surface area contributed by atoms with E-state index in [1.165, 1.54) is 12.1 Å². The van der Waals surface area contributed by atoms with Crippen molar-refractivity contribution >= 4 is 33.2 Å². The van der Waals surface area contributed by atoms with Gasteiger partial charge in [-0.1, -0.05) is 23.2 Å². The van der Waals surface area contributed by atoms with E-state index in [-0.39, 0.29) is 16.5 Å². The van der Waals surface area contributed by atoms with Gasteiger partial charge in [0.2, 0.25) is 10.0 Å². The molecule has 0 saturated heterocycles. The van der Waals surface area contributed by atoms with Gasteiger partial charge in [-0.3, -0.25) is 0 Å². The summed E-state index contributed by atoms with van der Waals surface area (Å²) in [7, 11) is -2.13. The summed E-state index contributed by atoms with van der Waals surface area (Å²) in [4.78, 5) is -0.104. The third-order valence-electron chi connectivity index (χ3n) is 2.18. The van der Waals surface area contributed by atoms with E-state index < -0.39 is 16.7 Å². The quantitative estimate of drug-likeness (QED) is 0.844. The monoisotopic (exact) mass is 314 g/mol. The van der Waals surface area contributed by atoms with Crippen molar-refractivity contribution in [3.05, 3.63) is 27.7 Å². The zero-order valence-electron chi connectivity index (χ0n) is 9.63. The summed E-state index contributed by atoms with van der Waals surface area (Å²) in [5.41, 5.74) is 0.490. The Morgan fingerprint density at radius 3 is 2.56 bits per heavy atom. The second-order valence-electron chi connectivity index (χ2n) is 3.46. The van der Waals surface area contributed by atoms with Crippen LogP contribution in [0, 0.1) is 0 Å². The molecular formula is C10H13Cl2FN2O2S. The minimum Gasteiger partial charge on any atom is -0.316 e. The van der Waals surface area contributed by atoms with E-state index >= 15 is 0 Å². The highest BCUT2D eigenvalue weighted by atomic mass is 35.5. The van der Waals surface area contributed by atoms with Crippen molar-refractivity contribution in [2.75, 3.05) is 20.3 Å². The lowest BCUT2D eigenvalue weighted by Gasteiger charge is -2.12. The molecule has 0 unspecified atom stereocenters. The van der Waals surface area contributed by atoms with E-state index in [1.807, 2.05) is 0 Å². The van der Waals surface area contributed by atoms with Crippen molar-refractivity contribution in [3.63, 3.8) is 0 Å². The first-order chi connectivity index (χ1) is 8.44. The van der Waals surface area contributed by atoms with Crippen molar-refractivity contribution < 1.29 is 12.8 Å². The third-order valence-corrected chi connectivity index (χ3v) is 4.58. The predicted octanol–water partition coefficient (Wildman–Crippen LogP) is 1.96. The Morgan fingerprint density at radius 1 is 1.33 bits per heavy atom. The van der Waals surface area contributed by atoms with Gasteiger partial charge in [0.15, 0.2) is 0 Å². The highest BCUT2D eigenvalue weighted by Gasteiger charge is 2.20. The molecule has 0 bridgehead atoms. The summed E-state index contributed by atoms with van der Waals surface area (Å²) in [6, 6.07) is 2.74. The van der Waals surface area contributed by atoms with E-state index in [2.05, 4.69) is 10.0 Å². The first-order valence-electron chi connectivity index (χ1n) is 5.11. The van der Waals surface area contributed by atoms with Crippen LogP contribution in [-0.4, -0.2) is 28.7 Å². The molecule has 0 spiro atoms. The van der Waals surface area contributed by atoms with Gasteiger partial charge in [-0.2, -0.15) is 0 Å². The maximum atomic E-state index is 12.0. The Morgan fingerprint density at radius 2 is 2.00 bits per heavy atom. The molecule has 1 rings (SSSR count). The Balaban J connectivity index is 3.22. The largest absolute Gasteiger partial charge is 0.316 e. The first-order valence-corrected chi connectivity index (χ1v) is 7.35. The molecule has 102 valence electrons. The molecule has 0 atom stereocenters. The molecule has 4 nitrogen and oxygen atoms in total. The normalized spacial score (nSPS) is 11.8. The van der Waals surface area contributed by atoms with Gasteiger partial charge in [0, 0.05) is 23.7 Å². The topological polar surface area (TPSA) is 58.2 Å². The second-order valence-corrected chi connectivity index (χ2v) is 5.98. The van der Waals surface area contributed by atoms with Gasteiger partial charge in [-0.15, -0.1) is 0 Å². The van der Waals surface area contributed by atoms with Crippen LogP contribution in [0.4, 0.5) is 4.39 Å². The molecule has 0 amide bonds. The number of rotatable bonds is 6. The molecule has 0 aromatic heterocycles. The molecule has 0 aliphatic rings. The molecule has 0 heterocycles. The Labute approximate surface area is 116 Å². The number of benzene rings is 1. The van der Waals surface area contributed by atoms with Gasteiger partial charge in [-0.05, 0) is 19.2 Å². The van der Waals surface area contributed by atoms with Crippen LogP contribution in [-0.2, 0) is 16.6 Å². The predicted molar refractivity (Wildman–Crippen MR) is 70.4 cm³/mol. The molecule has 0 saturated carbocycles. The number of alkyl halides is 1. The molecule has 2 N–H and O–H groups in total. The van der Waals surface area contributed by atoms with Crippen molar-refractivity contribution in [2.45, 2.75) is 11.4 Å². The lowest BCUT2D eigenvalue weighted by Crippen LogP contribution is -2.26. The lowest BCUT2D eigenvalue weighted by atomic mass is 10.2. The van der Waals surface area contributed by atoms with Crippen molar-refractivity contribution in [3.8, 4) is 0 Å². The van der Waals surface area contributed by atoms with E-state index in [0.29, 0.717) is 17.1 Å². The summed E-state index contributed by atoms with van der Waals surface area (Å²) in [5, 5.41) is 3.26. The summed E-state index contributed by atoms with van der Waals surface area (Å²) in [6.45, 7) is -0.736. The zero-order chi connectivity index (χ0) is 13.8. The van der Waals surface area contributed by atoms with Crippen molar-refractivity contribution in [2.24, 2.45) is 0 Å². The molecule has 1 aromatic carbocycles. The maximum Gasteiger partial charge on any atom is 0.242 e.